The summed E-state index contributed by atoms with van der Waals surface area (Å²) in [6, 6.07) is 0. The Kier molecular flexibility index (Phi) is 7.86. The van der Waals surface area contributed by atoms with Crippen molar-refractivity contribution in [2.75, 3.05) is 5.75 Å². The van der Waals surface area contributed by atoms with Crippen LogP contribution in [0, 0.1) is 0 Å². The summed E-state index contributed by atoms with van der Waals surface area (Å²) in [6.07, 6.45) is -8.07. The van der Waals surface area contributed by atoms with Gasteiger partial charge in [-0.15, -0.1) is 0 Å². The van der Waals surface area contributed by atoms with Gasteiger partial charge in [-0.1, -0.05) is 0 Å². The molecule has 218 valence electrons. The van der Waals surface area contributed by atoms with Gasteiger partial charge in [-0.25, -0.2) is 8.42 Å². The highest BCUT2D eigenvalue weighted by Gasteiger charge is 2.97. The molecule has 0 aliphatic heterocycles. The summed E-state index contributed by atoms with van der Waals surface area (Å²) < 4.78 is 302. The van der Waals surface area contributed by atoms with E-state index in [2.05, 4.69) is 0 Å². The molecule has 0 fully saturated rings. The lowest BCUT2D eigenvalue weighted by Gasteiger charge is -2.44. The molecule has 0 aliphatic carbocycles. The van der Waals surface area contributed by atoms with Crippen molar-refractivity contribution in [2.24, 2.45) is 0 Å². The molecule has 0 unspecified atom stereocenters. The van der Waals surface area contributed by atoms with Gasteiger partial charge in [0.05, 0.1) is 0 Å². The van der Waals surface area contributed by atoms with Crippen LogP contribution in [0.15, 0.2) is 0 Å². The highest BCUT2D eigenvalue weighted by atomic mass is 32.2. The predicted octanol–water partition coefficient (Wildman–Crippen LogP) is 5.81. The fraction of sp³-hybridized carbons (Fsp3) is 1.00. The Bertz CT molecular complexity index is 929. The lowest BCUT2D eigenvalue weighted by Crippen LogP contribution is -2.77. The monoisotopic (exact) mass is 613 g/mol. The number of hydrogen-bond donors (Lipinski definition) is 0. The van der Waals surface area contributed by atoms with Gasteiger partial charge < -0.3 is 4.55 Å². The maximum Gasteiger partial charge on any atom is 0.460 e. The molecular formula is C11H2F21O3S-. The SMILES string of the molecule is O=S(=O)([O-])CC(F)(F)C(F)(F)C(F)(F)C(F)(F)C(F)(F)C(F)(F)C(F)(F)C(F)(F)C(F)(F)C(F)(F)F. The summed E-state index contributed by atoms with van der Waals surface area (Å²) >= 11 is 0. The Morgan fingerprint density at radius 1 is 0.389 bits per heavy atom. The van der Waals surface area contributed by atoms with Crippen LogP contribution >= 0.6 is 0 Å². The van der Waals surface area contributed by atoms with Crippen LogP contribution < -0.4 is 0 Å². The zero-order valence-corrected chi connectivity index (χ0v) is 16.1. The molecule has 0 rings (SSSR count). The van der Waals surface area contributed by atoms with Crippen LogP contribution in [0.1, 0.15) is 0 Å². The van der Waals surface area contributed by atoms with Gasteiger partial charge in [0.1, 0.15) is 15.9 Å². The van der Waals surface area contributed by atoms with Crippen molar-refractivity contribution < 1.29 is 105 Å². The van der Waals surface area contributed by atoms with E-state index in [1.807, 2.05) is 0 Å². The van der Waals surface area contributed by atoms with Gasteiger partial charge in [0.25, 0.3) is 0 Å². The predicted molar refractivity (Wildman–Crippen MR) is 65.1 cm³/mol. The smallest absolute Gasteiger partial charge is 0.460 e. The minimum Gasteiger partial charge on any atom is -0.748 e. The average Bonchev–Trinajstić information content (AvgIpc) is 2.57. The van der Waals surface area contributed by atoms with Crippen molar-refractivity contribution in [2.45, 2.75) is 59.5 Å². The zero-order chi connectivity index (χ0) is 30.2. The van der Waals surface area contributed by atoms with Crippen molar-refractivity contribution in [3.8, 4) is 0 Å². The van der Waals surface area contributed by atoms with Crippen LogP contribution in [0.5, 0.6) is 0 Å². The Balaban J connectivity index is 7.11. The fourth-order valence-electron chi connectivity index (χ4n) is 1.90. The highest BCUT2D eigenvalue weighted by Crippen LogP contribution is 2.66. The molecule has 3 nitrogen and oxygen atoms in total. The second-order valence-corrected chi connectivity index (χ2v) is 7.90. The van der Waals surface area contributed by atoms with E-state index in [1.165, 1.54) is 0 Å². The van der Waals surface area contributed by atoms with E-state index in [4.69, 9.17) is 0 Å². The van der Waals surface area contributed by atoms with Gasteiger partial charge in [-0.2, -0.15) is 92.2 Å². The van der Waals surface area contributed by atoms with E-state index >= 15 is 0 Å². The van der Waals surface area contributed by atoms with Gasteiger partial charge in [0.2, 0.25) is 0 Å². The molecule has 0 aliphatic rings. The highest BCUT2D eigenvalue weighted by molar-refractivity contribution is 7.85. The van der Waals surface area contributed by atoms with Crippen LogP contribution in [0.2, 0.25) is 0 Å². The minimum atomic E-state index is -9.33. The molecule has 0 saturated carbocycles. The lowest BCUT2D eigenvalue weighted by atomic mass is 9.86. The van der Waals surface area contributed by atoms with Crippen LogP contribution in [0.25, 0.3) is 0 Å². The first-order chi connectivity index (χ1) is 15.0. The fourth-order valence-corrected chi connectivity index (χ4v) is 2.53. The summed E-state index contributed by atoms with van der Waals surface area (Å²) in [6.45, 7) is 0. The van der Waals surface area contributed by atoms with Gasteiger partial charge in [-0.3, -0.25) is 0 Å². The Hall–Kier alpha value is -1.56. The van der Waals surface area contributed by atoms with Gasteiger partial charge >= 0.3 is 59.5 Å². The Labute approximate surface area is 181 Å². The normalized spacial score (nSPS) is 16.9. The van der Waals surface area contributed by atoms with Crippen LogP contribution in [-0.4, -0.2) is 78.2 Å². The molecule has 0 aromatic heterocycles. The van der Waals surface area contributed by atoms with Crippen LogP contribution in [0.3, 0.4) is 0 Å². The second kappa shape index (κ2) is 8.22. The minimum absolute atomic E-state index is 4.19. The molecule has 0 aromatic carbocycles. The van der Waals surface area contributed by atoms with Crippen molar-refractivity contribution >= 4 is 10.1 Å². The number of alkyl halides is 21. The standard InChI is InChI=1S/C11H3F21O3S/c12-2(13,1-36(33,34)35)3(14,15)4(16,17)5(18,19)6(20,21)7(22,23)8(24,25)9(26,27)10(28,29)11(30,31)32/h1H2,(H,33,34,35)/p-1. The van der Waals surface area contributed by atoms with E-state index in [0.717, 1.165) is 0 Å². The molecule has 0 bridgehead atoms. The molecule has 0 saturated heterocycles. The molecule has 0 amide bonds. The van der Waals surface area contributed by atoms with Crippen molar-refractivity contribution in [3.63, 3.8) is 0 Å². The Morgan fingerprint density at radius 2 is 0.583 bits per heavy atom. The molecule has 0 heterocycles. The van der Waals surface area contributed by atoms with Crippen molar-refractivity contribution in [3.05, 3.63) is 0 Å². The third-order valence-corrected chi connectivity index (χ3v) is 4.65. The summed E-state index contributed by atoms with van der Waals surface area (Å²) in [5.41, 5.74) is 0. The summed E-state index contributed by atoms with van der Waals surface area (Å²) in [4.78, 5) is 0. The third-order valence-electron chi connectivity index (χ3n) is 3.93. The second-order valence-electron chi connectivity index (χ2n) is 6.50. The summed E-state index contributed by atoms with van der Waals surface area (Å²) in [5, 5.41) is 0. The maximum absolute atomic E-state index is 13.4. The number of halogens is 21. The number of rotatable bonds is 10. The van der Waals surface area contributed by atoms with Crippen LogP contribution in [0.4, 0.5) is 92.2 Å². The molecule has 0 N–H and O–H groups in total. The topological polar surface area (TPSA) is 57.2 Å². The quantitative estimate of drug-likeness (QED) is 0.231. The summed E-state index contributed by atoms with van der Waals surface area (Å²) in [5.74, 6) is -83.6. The lowest BCUT2D eigenvalue weighted by molar-refractivity contribution is -0.473. The largest absolute Gasteiger partial charge is 0.748 e. The summed E-state index contributed by atoms with van der Waals surface area (Å²) in [7, 11) is -6.91. The molecule has 36 heavy (non-hydrogen) atoms. The van der Waals surface area contributed by atoms with Gasteiger partial charge in [0, 0.05) is 0 Å². The first-order valence-electron chi connectivity index (χ1n) is 7.36. The Morgan fingerprint density at radius 3 is 0.778 bits per heavy atom. The average molecular weight is 613 g/mol. The van der Waals surface area contributed by atoms with E-state index in [1.54, 1.807) is 0 Å². The third kappa shape index (κ3) is 4.39. The molecule has 0 spiro atoms. The molecule has 0 aromatic rings. The molecular weight excluding hydrogens is 611 g/mol. The van der Waals surface area contributed by atoms with E-state index in [-0.39, 0.29) is 0 Å². The van der Waals surface area contributed by atoms with E-state index in [0.29, 0.717) is 0 Å². The van der Waals surface area contributed by atoms with Crippen molar-refractivity contribution in [1.29, 1.82) is 0 Å². The van der Waals surface area contributed by atoms with Crippen molar-refractivity contribution in [1.82, 2.24) is 0 Å². The first kappa shape index (κ1) is 34.4. The first-order valence-corrected chi connectivity index (χ1v) is 8.94. The van der Waals surface area contributed by atoms with E-state index in [9.17, 15) is 105 Å². The maximum atomic E-state index is 13.4. The van der Waals surface area contributed by atoms with Gasteiger partial charge in [0.15, 0.2) is 0 Å². The van der Waals surface area contributed by atoms with Gasteiger partial charge in [-0.05, 0) is 0 Å². The molecule has 0 atom stereocenters. The molecule has 25 heteroatoms. The zero-order valence-electron chi connectivity index (χ0n) is 15.3. The van der Waals surface area contributed by atoms with E-state index < -0.39 is 75.4 Å². The van der Waals surface area contributed by atoms with Crippen LogP contribution in [-0.2, 0) is 10.1 Å². The molecule has 0 radical (unpaired) electrons. The number of hydrogen-bond acceptors (Lipinski definition) is 3.